The first-order valence-electron chi connectivity index (χ1n) is 7.77. The second kappa shape index (κ2) is 6.60. The summed E-state index contributed by atoms with van der Waals surface area (Å²) >= 11 is 0. The van der Waals surface area contributed by atoms with Gasteiger partial charge in [0.1, 0.15) is 0 Å². The molecule has 24 heavy (non-hydrogen) atoms. The van der Waals surface area contributed by atoms with Crippen LogP contribution in [0.1, 0.15) is 18.4 Å². The minimum Gasteiger partial charge on any atom is -0.351 e. The summed E-state index contributed by atoms with van der Waals surface area (Å²) in [5, 5.41) is 2.87. The number of nitrogens with zero attached hydrogens (tertiary/aromatic N) is 2. The highest BCUT2D eigenvalue weighted by molar-refractivity contribution is 7.90. The number of rotatable bonds is 4. The largest absolute Gasteiger partial charge is 0.351 e. The number of nitrogens with one attached hydrogen (secondary N) is 1. The van der Waals surface area contributed by atoms with Crippen LogP contribution in [0.25, 0.3) is 0 Å². The first-order chi connectivity index (χ1) is 11.5. The molecule has 2 heterocycles. The summed E-state index contributed by atoms with van der Waals surface area (Å²) in [6.45, 7) is 2.80. The van der Waals surface area contributed by atoms with Crippen LogP contribution in [0.4, 0.5) is 0 Å². The van der Waals surface area contributed by atoms with Gasteiger partial charge in [-0.1, -0.05) is 37.3 Å². The minimum atomic E-state index is -3.50. The van der Waals surface area contributed by atoms with Gasteiger partial charge in [0.2, 0.25) is 0 Å². The lowest BCUT2D eigenvalue weighted by Crippen LogP contribution is -2.42. The Kier molecular flexibility index (Phi) is 4.53. The topological polar surface area (TPSA) is 78.8 Å². The molecular formula is C17H19N3O3S. The fraction of sp³-hybridized carbons (Fsp3) is 0.294. The van der Waals surface area contributed by atoms with Gasteiger partial charge in [0.05, 0.1) is 11.3 Å². The number of sulfonamides is 1. The van der Waals surface area contributed by atoms with Gasteiger partial charge in [-0.15, -0.1) is 4.40 Å². The Morgan fingerprint density at radius 2 is 2.08 bits per heavy atom. The van der Waals surface area contributed by atoms with Crippen LogP contribution in [0.2, 0.25) is 0 Å². The maximum Gasteiger partial charge on any atom is 0.256 e. The van der Waals surface area contributed by atoms with Crippen LogP contribution in [0.5, 0.6) is 0 Å². The summed E-state index contributed by atoms with van der Waals surface area (Å²) in [6, 6.07) is 9.89. The SMILES string of the molecule is C[C@H](CNC(=O)C1=CC=CN2CCS(=O)(=O)N=C12)c1ccccc1. The number of allylic oxidation sites excluding steroid dienone is 2. The van der Waals surface area contributed by atoms with Crippen molar-refractivity contribution in [1.29, 1.82) is 0 Å². The molecule has 3 rings (SSSR count). The molecule has 0 saturated carbocycles. The number of benzene rings is 1. The molecule has 126 valence electrons. The van der Waals surface area contributed by atoms with E-state index in [9.17, 15) is 13.2 Å². The second-order valence-electron chi connectivity index (χ2n) is 5.84. The van der Waals surface area contributed by atoms with E-state index < -0.39 is 10.0 Å². The zero-order chi connectivity index (χ0) is 17.2. The molecule has 1 N–H and O–H groups in total. The Hall–Kier alpha value is -2.41. The quantitative estimate of drug-likeness (QED) is 0.895. The van der Waals surface area contributed by atoms with E-state index in [1.807, 2.05) is 37.3 Å². The molecule has 6 nitrogen and oxygen atoms in total. The molecule has 0 radical (unpaired) electrons. The Bertz CT molecular complexity index is 826. The molecule has 0 unspecified atom stereocenters. The molecule has 0 bridgehead atoms. The van der Waals surface area contributed by atoms with Gasteiger partial charge < -0.3 is 10.2 Å². The Morgan fingerprint density at radius 3 is 2.83 bits per heavy atom. The molecule has 0 saturated heterocycles. The molecular weight excluding hydrogens is 326 g/mol. The minimum absolute atomic E-state index is 0.0409. The number of carbonyl (C=O) groups excluding carboxylic acids is 1. The molecule has 1 amide bonds. The molecule has 0 aliphatic carbocycles. The van der Waals surface area contributed by atoms with E-state index >= 15 is 0 Å². The van der Waals surface area contributed by atoms with Crippen molar-refractivity contribution in [3.8, 4) is 0 Å². The monoisotopic (exact) mass is 345 g/mol. The number of hydrogen-bond donors (Lipinski definition) is 1. The summed E-state index contributed by atoms with van der Waals surface area (Å²) in [5.41, 5.74) is 1.41. The van der Waals surface area contributed by atoms with Gasteiger partial charge in [-0.25, -0.2) is 8.42 Å². The summed E-state index contributed by atoms with van der Waals surface area (Å²) in [4.78, 5) is 14.2. The van der Waals surface area contributed by atoms with Crippen molar-refractivity contribution >= 4 is 21.8 Å². The van der Waals surface area contributed by atoms with Crippen LogP contribution in [-0.4, -0.2) is 43.9 Å². The van der Waals surface area contributed by atoms with Gasteiger partial charge in [-0.2, -0.15) is 0 Å². The highest BCUT2D eigenvalue weighted by Gasteiger charge is 2.29. The average Bonchev–Trinajstić information content (AvgIpc) is 2.59. The summed E-state index contributed by atoms with van der Waals surface area (Å²) < 4.78 is 27.2. The van der Waals surface area contributed by atoms with Crippen molar-refractivity contribution < 1.29 is 13.2 Å². The van der Waals surface area contributed by atoms with Crippen LogP contribution in [0, 0.1) is 0 Å². The zero-order valence-electron chi connectivity index (χ0n) is 13.3. The van der Waals surface area contributed by atoms with E-state index in [0.29, 0.717) is 13.1 Å². The Labute approximate surface area is 141 Å². The van der Waals surface area contributed by atoms with Crippen molar-refractivity contribution in [2.75, 3.05) is 18.8 Å². The molecule has 7 heteroatoms. The highest BCUT2D eigenvalue weighted by atomic mass is 32.2. The van der Waals surface area contributed by atoms with E-state index in [4.69, 9.17) is 0 Å². The van der Waals surface area contributed by atoms with Gasteiger partial charge in [0.15, 0.2) is 5.84 Å². The summed E-state index contributed by atoms with van der Waals surface area (Å²) in [7, 11) is -3.50. The predicted molar refractivity (Wildman–Crippen MR) is 93.0 cm³/mol. The van der Waals surface area contributed by atoms with Gasteiger partial charge in [0, 0.05) is 19.3 Å². The first kappa shape index (κ1) is 16.4. The summed E-state index contributed by atoms with van der Waals surface area (Å²) in [5.74, 6) is 0.000411. The van der Waals surface area contributed by atoms with Crippen LogP contribution in [0.3, 0.4) is 0 Å². The molecule has 0 spiro atoms. The van der Waals surface area contributed by atoms with Crippen molar-refractivity contribution in [2.45, 2.75) is 12.8 Å². The van der Waals surface area contributed by atoms with Gasteiger partial charge in [-0.05, 0) is 23.6 Å². The predicted octanol–water partition coefficient (Wildman–Crippen LogP) is 1.40. The highest BCUT2D eigenvalue weighted by Crippen LogP contribution is 2.18. The smallest absolute Gasteiger partial charge is 0.256 e. The lowest BCUT2D eigenvalue weighted by molar-refractivity contribution is -0.117. The maximum absolute atomic E-state index is 12.5. The van der Waals surface area contributed by atoms with Gasteiger partial charge in [-0.3, -0.25) is 4.79 Å². The van der Waals surface area contributed by atoms with E-state index in [2.05, 4.69) is 9.71 Å². The van der Waals surface area contributed by atoms with Crippen molar-refractivity contribution in [3.63, 3.8) is 0 Å². The van der Waals surface area contributed by atoms with Gasteiger partial charge in [0.25, 0.3) is 15.9 Å². The van der Waals surface area contributed by atoms with Crippen LogP contribution < -0.4 is 5.32 Å². The van der Waals surface area contributed by atoms with E-state index in [1.54, 1.807) is 23.3 Å². The average molecular weight is 345 g/mol. The van der Waals surface area contributed by atoms with E-state index in [0.717, 1.165) is 5.56 Å². The van der Waals surface area contributed by atoms with Crippen LogP contribution in [-0.2, 0) is 14.8 Å². The first-order valence-corrected chi connectivity index (χ1v) is 9.38. The molecule has 1 aromatic carbocycles. The second-order valence-corrected chi connectivity index (χ2v) is 7.59. The number of carbonyl (C=O) groups is 1. The van der Waals surface area contributed by atoms with Crippen LogP contribution >= 0.6 is 0 Å². The normalized spacial score (nSPS) is 19.8. The molecule has 1 atom stereocenters. The summed E-state index contributed by atoms with van der Waals surface area (Å²) in [6.07, 6.45) is 5.06. The van der Waals surface area contributed by atoms with E-state index in [1.165, 1.54) is 0 Å². The third-order valence-corrected chi connectivity index (χ3v) is 5.19. The van der Waals surface area contributed by atoms with Crippen molar-refractivity contribution in [3.05, 3.63) is 59.8 Å². The molecule has 0 fully saturated rings. The molecule has 2 aliphatic rings. The molecule has 0 aromatic heterocycles. The Balaban J connectivity index is 1.72. The third-order valence-electron chi connectivity index (χ3n) is 4.04. The number of amides is 1. The molecule has 2 aliphatic heterocycles. The van der Waals surface area contributed by atoms with Crippen molar-refractivity contribution in [2.24, 2.45) is 4.40 Å². The Morgan fingerprint density at radius 1 is 1.33 bits per heavy atom. The van der Waals surface area contributed by atoms with Gasteiger partial charge >= 0.3 is 0 Å². The lowest BCUT2D eigenvalue weighted by atomic mass is 10.0. The third kappa shape index (κ3) is 3.56. The number of hydrogen-bond acceptors (Lipinski definition) is 4. The zero-order valence-corrected chi connectivity index (χ0v) is 14.2. The van der Waals surface area contributed by atoms with E-state index in [-0.39, 0.29) is 29.0 Å². The standard InChI is InChI=1S/C17H19N3O3S/c1-13(14-6-3-2-4-7-14)12-18-17(21)15-8-5-9-20-10-11-24(22,23)19-16(15)20/h2-9,13H,10-12H2,1H3,(H,18,21)/t13-/m1/s1. The maximum atomic E-state index is 12.5. The lowest BCUT2D eigenvalue weighted by Gasteiger charge is -2.28. The van der Waals surface area contributed by atoms with Crippen LogP contribution in [0.15, 0.2) is 58.7 Å². The van der Waals surface area contributed by atoms with Crippen molar-refractivity contribution in [1.82, 2.24) is 10.2 Å². The molecule has 1 aromatic rings. The fourth-order valence-corrected chi connectivity index (χ4v) is 3.62. The fourth-order valence-electron chi connectivity index (χ4n) is 2.63. The number of amidine groups is 1. The number of fused-ring (bicyclic) bond motifs is 1.